The first-order chi connectivity index (χ1) is 10.0. The quantitative estimate of drug-likeness (QED) is 0.924. The van der Waals surface area contributed by atoms with Gasteiger partial charge in [-0.05, 0) is 39.9 Å². The van der Waals surface area contributed by atoms with Crippen LogP contribution in [0.3, 0.4) is 0 Å². The second-order valence-corrected chi connectivity index (χ2v) is 5.54. The Morgan fingerprint density at radius 3 is 3.00 bits per heavy atom. The number of anilines is 1. The van der Waals surface area contributed by atoms with Crippen LogP contribution in [-0.2, 0) is 0 Å². The number of aromatic nitrogens is 1. The monoisotopic (exact) mass is 294 g/mol. The van der Waals surface area contributed by atoms with Gasteiger partial charge in [-0.1, -0.05) is 0 Å². The Labute approximate surface area is 125 Å². The van der Waals surface area contributed by atoms with Crippen LogP contribution in [-0.4, -0.2) is 60.0 Å². The number of hydrogen-bond donors (Lipinski definition) is 1. The number of rotatable bonds is 3. The molecule has 0 saturated carbocycles. The average molecular weight is 294 g/mol. The van der Waals surface area contributed by atoms with E-state index in [-0.39, 0.29) is 11.9 Å². The molecule has 0 aromatic carbocycles. The van der Waals surface area contributed by atoms with E-state index in [1.807, 2.05) is 18.7 Å². The van der Waals surface area contributed by atoms with E-state index in [0.717, 1.165) is 25.7 Å². The first-order valence-electron chi connectivity index (χ1n) is 7.41. The summed E-state index contributed by atoms with van der Waals surface area (Å²) in [4.78, 5) is 20.8. The molecule has 1 atom stereocenters. The van der Waals surface area contributed by atoms with Gasteiger partial charge >= 0.3 is 0 Å². The van der Waals surface area contributed by atoms with Gasteiger partial charge in [0.15, 0.2) is 0 Å². The minimum absolute atomic E-state index is 0.0998. The smallest absolute Gasteiger partial charge is 0.257 e. The number of halogens is 1. The molecule has 1 amide bonds. The van der Waals surface area contributed by atoms with Gasteiger partial charge in [0, 0.05) is 25.7 Å². The summed E-state index contributed by atoms with van der Waals surface area (Å²) in [5, 5.41) is 3.03. The van der Waals surface area contributed by atoms with E-state index in [0.29, 0.717) is 24.5 Å². The third kappa shape index (κ3) is 3.69. The number of carbonyl (C=O) groups is 1. The molecule has 1 aromatic heterocycles. The summed E-state index contributed by atoms with van der Waals surface area (Å²) in [5.41, 5.74) is 0.313. The van der Waals surface area contributed by atoms with Crippen LogP contribution in [0.5, 0.6) is 0 Å². The van der Waals surface area contributed by atoms with Crippen molar-refractivity contribution < 1.29 is 9.18 Å². The van der Waals surface area contributed by atoms with Crippen LogP contribution < -0.4 is 5.32 Å². The molecule has 2 rings (SSSR count). The molecule has 1 aliphatic rings. The molecule has 2 heterocycles. The summed E-state index contributed by atoms with van der Waals surface area (Å²) >= 11 is 0. The molecule has 1 aliphatic heterocycles. The first-order valence-corrected chi connectivity index (χ1v) is 7.41. The standard InChI is InChI=1S/C15H23FN4O/c1-4-17-14-13(8-12(16)9-18-14)15(21)20-7-5-6-19(3)10-11(20)2/h8-9,11H,4-7,10H2,1-3H3,(H,17,18). The maximum Gasteiger partial charge on any atom is 0.257 e. The van der Waals surface area contributed by atoms with Crippen molar-refractivity contribution in [3.8, 4) is 0 Å². The highest BCUT2D eigenvalue weighted by Crippen LogP contribution is 2.19. The Hall–Kier alpha value is -1.69. The Balaban J connectivity index is 2.27. The van der Waals surface area contributed by atoms with E-state index in [1.54, 1.807) is 0 Å². The number of hydrogen-bond acceptors (Lipinski definition) is 4. The van der Waals surface area contributed by atoms with Crippen molar-refractivity contribution >= 4 is 11.7 Å². The zero-order valence-electron chi connectivity index (χ0n) is 12.9. The Morgan fingerprint density at radius 2 is 2.29 bits per heavy atom. The van der Waals surface area contributed by atoms with Crippen molar-refractivity contribution in [1.82, 2.24) is 14.8 Å². The molecule has 0 spiro atoms. The lowest BCUT2D eigenvalue weighted by Gasteiger charge is -2.28. The van der Waals surface area contributed by atoms with Crippen LogP contribution in [0.1, 0.15) is 30.6 Å². The van der Waals surface area contributed by atoms with E-state index in [1.165, 1.54) is 6.07 Å². The van der Waals surface area contributed by atoms with Crippen molar-refractivity contribution in [2.75, 3.05) is 38.5 Å². The van der Waals surface area contributed by atoms with Crippen molar-refractivity contribution in [2.24, 2.45) is 0 Å². The Bertz CT molecular complexity index is 508. The van der Waals surface area contributed by atoms with Gasteiger partial charge in [0.1, 0.15) is 11.6 Å². The summed E-state index contributed by atoms with van der Waals surface area (Å²) in [6.45, 7) is 7.06. The third-order valence-corrected chi connectivity index (χ3v) is 3.74. The molecule has 116 valence electrons. The highest BCUT2D eigenvalue weighted by Gasteiger charge is 2.27. The fraction of sp³-hybridized carbons (Fsp3) is 0.600. The maximum absolute atomic E-state index is 13.5. The number of carbonyl (C=O) groups excluding carboxylic acids is 1. The molecule has 1 N–H and O–H groups in total. The summed E-state index contributed by atoms with van der Waals surface area (Å²) < 4.78 is 13.5. The fourth-order valence-electron chi connectivity index (χ4n) is 2.74. The fourth-order valence-corrected chi connectivity index (χ4v) is 2.74. The van der Waals surface area contributed by atoms with E-state index >= 15 is 0 Å². The van der Waals surface area contributed by atoms with Crippen molar-refractivity contribution in [3.05, 3.63) is 23.6 Å². The predicted molar refractivity (Wildman–Crippen MR) is 81.0 cm³/mol. The largest absolute Gasteiger partial charge is 0.370 e. The van der Waals surface area contributed by atoms with Gasteiger partial charge in [-0.15, -0.1) is 0 Å². The van der Waals surface area contributed by atoms with Gasteiger partial charge in [-0.2, -0.15) is 0 Å². The molecular weight excluding hydrogens is 271 g/mol. The van der Waals surface area contributed by atoms with Gasteiger partial charge in [-0.25, -0.2) is 9.37 Å². The SMILES string of the molecule is CCNc1ncc(F)cc1C(=O)N1CCCN(C)CC1C. The van der Waals surface area contributed by atoms with Gasteiger partial charge in [0.2, 0.25) is 0 Å². The van der Waals surface area contributed by atoms with Crippen molar-refractivity contribution in [3.63, 3.8) is 0 Å². The lowest BCUT2D eigenvalue weighted by atomic mass is 10.1. The molecule has 0 aliphatic carbocycles. The van der Waals surface area contributed by atoms with Gasteiger partial charge < -0.3 is 15.1 Å². The number of nitrogens with zero attached hydrogens (tertiary/aromatic N) is 3. The van der Waals surface area contributed by atoms with Gasteiger partial charge in [0.05, 0.1) is 11.8 Å². The number of likely N-dealkylation sites (N-methyl/N-ethyl adjacent to an activating group) is 1. The van der Waals surface area contributed by atoms with Crippen LogP contribution in [0.15, 0.2) is 12.3 Å². The van der Waals surface area contributed by atoms with Crippen LogP contribution in [0.25, 0.3) is 0 Å². The predicted octanol–water partition coefficient (Wildman–Crippen LogP) is 1.82. The number of amides is 1. The van der Waals surface area contributed by atoms with E-state index in [9.17, 15) is 9.18 Å². The molecule has 1 saturated heterocycles. The normalized spacial score (nSPS) is 20.2. The maximum atomic E-state index is 13.5. The topological polar surface area (TPSA) is 48.5 Å². The lowest BCUT2D eigenvalue weighted by molar-refractivity contribution is 0.0696. The summed E-state index contributed by atoms with van der Waals surface area (Å²) in [6.07, 6.45) is 2.06. The Morgan fingerprint density at radius 1 is 1.52 bits per heavy atom. The molecule has 0 bridgehead atoms. The van der Waals surface area contributed by atoms with Crippen molar-refractivity contribution in [2.45, 2.75) is 26.3 Å². The zero-order valence-corrected chi connectivity index (χ0v) is 12.9. The van der Waals surface area contributed by atoms with Crippen LogP contribution in [0, 0.1) is 5.82 Å². The van der Waals surface area contributed by atoms with E-state index < -0.39 is 5.82 Å². The van der Waals surface area contributed by atoms with Crippen molar-refractivity contribution in [1.29, 1.82) is 0 Å². The molecule has 1 fully saturated rings. The molecule has 6 heteroatoms. The highest BCUT2D eigenvalue weighted by molar-refractivity contribution is 5.99. The molecule has 0 radical (unpaired) electrons. The lowest BCUT2D eigenvalue weighted by Crippen LogP contribution is -2.42. The van der Waals surface area contributed by atoms with E-state index in [4.69, 9.17) is 0 Å². The summed E-state index contributed by atoms with van der Waals surface area (Å²) in [6, 6.07) is 1.37. The second kappa shape index (κ2) is 6.85. The molecule has 1 aromatic rings. The molecule has 21 heavy (non-hydrogen) atoms. The summed E-state index contributed by atoms with van der Waals surface area (Å²) in [5.74, 6) is -0.186. The summed E-state index contributed by atoms with van der Waals surface area (Å²) in [7, 11) is 2.05. The Kier molecular flexibility index (Phi) is 5.12. The van der Waals surface area contributed by atoms with Crippen LogP contribution in [0.4, 0.5) is 10.2 Å². The minimum Gasteiger partial charge on any atom is -0.370 e. The number of pyridine rings is 1. The first kappa shape index (κ1) is 15.7. The van der Waals surface area contributed by atoms with E-state index in [2.05, 4.69) is 22.2 Å². The van der Waals surface area contributed by atoms with Crippen LogP contribution in [0.2, 0.25) is 0 Å². The highest BCUT2D eigenvalue weighted by atomic mass is 19.1. The molecule has 1 unspecified atom stereocenters. The molecular formula is C15H23FN4O. The zero-order chi connectivity index (χ0) is 15.4. The second-order valence-electron chi connectivity index (χ2n) is 5.54. The van der Waals surface area contributed by atoms with Crippen LogP contribution >= 0.6 is 0 Å². The van der Waals surface area contributed by atoms with Gasteiger partial charge in [0.25, 0.3) is 5.91 Å². The third-order valence-electron chi connectivity index (χ3n) is 3.74. The van der Waals surface area contributed by atoms with Gasteiger partial charge in [-0.3, -0.25) is 4.79 Å². The minimum atomic E-state index is -0.486. The number of nitrogens with one attached hydrogen (secondary N) is 1. The molecule has 5 nitrogen and oxygen atoms in total. The average Bonchev–Trinajstić information content (AvgIpc) is 2.61.